The number of benzene rings is 2. The van der Waals surface area contributed by atoms with Crippen molar-refractivity contribution in [2.75, 3.05) is 25.0 Å². The number of hydrogen-bond acceptors (Lipinski definition) is 10. The first-order valence-electron chi connectivity index (χ1n) is 16.9. The van der Waals surface area contributed by atoms with Crippen molar-refractivity contribution in [3.8, 4) is 0 Å². The third kappa shape index (κ3) is 6.32. The topological polar surface area (TPSA) is 172 Å². The maximum atomic E-state index is 13.1. The maximum absolute atomic E-state index is 13.1. The van der Waals surface area contributed by atoms with Crippen LogP contribution in [-0.4, -0.2) is 76.4 Å². The van der Waals surface area contributed by atoms with Crippen molar-refractivity contribution in [1.82, 2.24) is 25.5 Å². The lowest BCUT2D eigenvalue weighted by Crippen LogP contribution is -2.54. The van der Waals surface area contributed by atoms with Gasteiger partial charge >= 0.3 is 0 Å². The Labute approximate surface area is 278 Å². The van der Waals surface area contributed by atoms with Crippen molar-refractivity contribution in [3.63, 3.8) is 0 Å². The van der Waals surface area contributed by atoms with Crippen LogP contribution in [0.3, 0.4) is 0 Å². The molecule has 5 N–H and O–H groups in total. The summed E-state index contributed by atoms with van der Waals surface area (Å²) >= 11 is 0. The average Bonchev–Trinajstić information content (AvgIpc) is 3.33. The molecule has 3 aromatic rings. The zero-order chi connectivity index (χ0) is 33.2. The second-order valence-corrected chi connectivity index (χ2v) is 13.2. The Morgan fingerprint density at radius 3 is 2.65 bits per heavy atom. The summed E-state index contributed by atoms with van der Waals surface area (Å²) in [6, 6.07) is 10.6. The van der Waals surface area contributed by atoms with Gasteiger partial charge in [0.25, 0.3) is 11.8 Å². The molecule has 1 unspecified atom stereocenters. The van der Waals surface area contributed by atoms with Gasteiger partial charge < -0.3 is 16.4 Å². The second-order valence-electron chi connectivity index (χ2n) is 13.2. The number of carbonyl (C=O) groups is 4. The van der Waals surface area contributed by atoms with Crippen LogP contribution in [0.2, 0.25) is 0 Å². The highest BCUT2D eigenvalue weighted by Crippen LogP contribution is 2.35. The van der Waals surface area contributed by atoms with Gasteiger partial charge in [0.05, 0.1) is 40.1 Å². The number of piperidine rings is 2. The quantitative estimate of drug-likeness (QED) is 0.146. The van der Waals surface area contributed by atoms with Gasteiger partial charge in [-0.1, -0.05) is 12.1 Å². The third-order valence-electron chi connectivity index (χ3n) is 10.1. The van der Waals surface area contributed by atoms with E-state index in [9.17, 15) is 19.2 Å². The zero-order valence-corrected chi connectivity index (χ0v) is 26.8. The number of aromatic nitrogens is 2. The average molecular weight is 649 g/mol. The standard InChI is InChI=1S/C36H40N8O4/c37-18-23(30-20-41-33-26(4-1-5-29(33)42-30)22-10-13-38-14-11-22)19-40-25-15-21(16-25)3-2-12-39-24-6-7-27-28(17-24)36(48)44(35(27)47)31-8-9-32(45)43-34(31)46/h1,4-7,17-22,25,31,38-39H,2-3,8-16,37H2,(H,43,45,46). The van der Waals surface area contributed by atoms with Crippen LogP contribution in [0.15, 0.2) is 53.8 Å². The van der Waals surface area contributed by atoms with Crippen LogP contribution < -0.4 is 21.7 Å². The van der Waals surface area contributed by atoms with Crippen LogP contribution in [-0.2, 0) is 9.59 Å². The molecule has 3 fully saturated rings. The van der Waals surface area contributed by atoms with Gasteiger partial charge in [0, 0.05) is 36.6 Å². The summed E-state index contributed by atoms with van der Waals surface area (Å²) < 4.78 is 0. The van der Waals surface area contributed by atoms with E-state index in [1.807, 2.05) is 12.3 Å². The Bertz CT molecular complexity index is 1830. The highest BCUT2D eigenvalue weighted by Gasteiger charge is 2.44. The molecular formula is C36H40N8O4. The number of hydrogen-bond donors (Lipinski definition) is 4. The summed E-state index contributed by atoms with van der Waals surface area (Å²) in [4.78, 5) is 65.3. The fourth-order valence-corrected chi connectivity index (χ4v) is 7.31. The molecule has 3 aliphatic heterocycles. The largest absolute Gasteiger partial charge is 0.404 e. The highest BCUT2D eigenvalue weighted by molar-refractivity contribution is 6.23. The van der Waals surface area contributed by atoms with Crippen molar-refractivity contribution in [2.24, 2.45) is 16.6 Å². The lowest BCUT2D eigenvalue weighted by Gasteiger charge is -2.32. The van der Waals surface area contributed by atoms with Crippen LogP contribution in [0.25, 0.3) is 16.6 Å². The van der Waals surface area contributed by atoms with E-state index in [1.165, 1.54) is 5.56 Å². The SMILES string of the molecule is NC=C(C=NC1CC(CCCNc2ccc3c(c2)C(=O)N(C2CCC(=O)NC2=O)C3=O)C1)c1cnc2c(C3CCNCC3)cccc2n1. The van der Waals surface area contributed by atoms with Gasteiger partial charge in [0.2, 0.25) is 11.8 Å². The normalized spacial score (nSPS) is 23.5. The fraction of sp³-hybridized carbons (Fsp3) is 0.417. The number of anilines is 1. The van der Waals surface area contributed by atoms with Gasteiger partial charge in [-0.3, -0.25) is 39.4 Å². The first-order valence-corrected chi connectivity index (χ1v) is 16.9. The lowest BCUT2D eigenvalue weighted by atomic mass is 9.78. The first kappa shape index (κ1) is 31.6. The Kier molecular flexibility index (Phi) is 8.98. The highest BCUT2D eigenvalue weighted by atomic mass is 16.2. The van der Waals surface area contributed by atoms with E-state index >= 15 is 0 Å². The van der Waals surface area contributed by atoms with Crippen molar-refractivity contribution < 1.29 is 19.2 Å². The molecule has 4 amide bonds. The molecule has 12 nitrogen and oxygen atoms in total. The van der Waals surface area contributed by atoms with Gasteiger partial charge in [-0.05, 0) is 99.7 Å². The molecule has 2 saturated heterocycles. The number of fused-ring (bicyclic) bond motifs is 2. The summed E-state index contributed by atoms with van der Waals surface area (Å²) in [6.07, 6.45) is 11.7. The van der Waals surface area contributed by atoms with Crippen molar-refractivity contribution >= 4 is 52.1 Å². The Morgan fingerprint density at radius 1 is 1.04 bits per heavy atom. The molecule has 12 heteroatoms. The van der Waals surface area contributed by atoms with Crippen LogP contribution in [0.4, 0.5) is 5.69 Å². The molecule has 1 aromatic heterocycles. The molecule has 2 aromatic carbocycles. The number of allylic oxidation sites excluding steroid dienone is 1. The predicted molar refractivity (Wildman–Crippen MR) is 182 cm³/mol. The van der Waals surface area contributed by atoms with Crippen LogP contribution >= 0.6 is 0 Å². The number of nitrogens with zero attached hydrogens (tertiary/aromatic N) is 4. The number of para-hydroxylation sites is 1. The molecule has 7 rings (SSSR count). The van der Waals surface area contributed by atoms with E-state index < -0.39 is 29.7 Å². The number of imide groups is 2. The number of rotatable bonds is 10. The first-order chi connectivity index (χ1) is 23.4. The molecule has 4 heterocycles. The molecule has 0 spiro atoms. The van der Waals surface area contributed by atoms with E-state index in [4.69, 9.17) is 20.7 Å². The molecule has 4 aliphatic rings. The van der Waals surface area contributed by atoms with E-state index in [0.717, 1.165) is 91.0 Å². The van der Waals surface area contributed by atoms with E-state index in [0.29, 0.717) is 11.8 Å². The summed E-state index contributed by atoms with van der Waals surface area (Å²) in [6.45, 7) is 2.78. The number of amides is 4. The van der Waals surface area contributed by atoms with Crippen molar-refractivity contribution in [3.05, 3.63) is 71.2 Å². The van der Waals surface area contributed by atoms with Gasteiger partial charge in [-0.2, -0.15) is 0 Å². The molecule has 0 radical (unpaired) electrons. The monoisotopic (exact) mass is 648 g/mol. The summed E-state index contributed by atoms with van der Waals surface area (Å²) in [7, 11) is 0. The van der Waals surface area contributed by atoms with Crippen LogP contribution in [0.5, 0.6) is 0 Å². The van der Waals surface area contributed by atoms with Crippen molar-refractivity contribution in [2.45, 2.75) is 69.4 Å². The third-order valence-corrected chi connectivity index (χ3v) is 10.1. The smallest absolute Gasteiger partial charge is 0.262 e. The minimum Gasteiger partial charge on any atom is -0.404 e. The summed E-state index contributed by atoms with van der Waals surface area (Å²) in [5.41, 5.74) is 11.9. The maximum Gasteiger partial charge on any atom is 0.262 e. The van der Waals surface area contributed by atoms with Crippen LogP contribution in [0.1, 0.15) is 89.3 Å². The number of nitrogens with two attached hydrogens (primary N) is 1. The number of nitrogens with one attached hydrogen (secondary N) is 3. The van der Waals surface area contributed by atoms with Crippen LogP contribution in [0, 0.1) is 5.92 Å². The van der Waals surface area contributed by atoms with Crippen molar-refractivity contribution in [1.29, 1.82) is 0 Å². The van der Waals surface area contributed by atoms with E-state index in [-0.39, 0.29) is 30.0 Å². The van der Waals surface area contributed by atoms with Gasteiger partial charge in [0.1, 0.15) is 6.04 Å². The number of aliphatic imine (C=N–C) groups is 1. The van der Waals surface area contributed by atoms with Gasteiger partial charge in [-0.15, -0.1) is 0 Å². The minimum atomic E-state index is -0.968. The summed E-state index contributed by atoms with van der Waals surface area (Å²) in [5, 5.41) is 9.01. The zero-order valence-electron chi connectivity index (χ0n) is 26.8. The molecule has 248 valence electrons. The molecule has 1 saturated carbocycles. The summed E-state index contributed by atoms with van der Waals surface area (Å²) in [5.74, 6) is -0.916. The Morgan fingerprint density at radius 2 is 1.85 bits per heavy atom. The van der Waals surface area contributed by atoms with Gasteiger partial charge in [0.15, 0.2) is 0 Å². The second kappa shape index (κ2) is 13.6. The molecule has 1 atom stereocenters. The molecule has 1 aliphatic carbocycles. The minimum absolute atomic E-state index is 0.0938. The molecular weight excluding hydrogens is 608 g/mol. The van der Waals surface area contributed by atoms with E-state index in [2.05, 4.69) is 28.1 Å². The molecule has 48 heavy (non-hydrogen) atoms. The Balaban J connectivity index is 0.873. The number of carbonyl (C=O) groups excluding carboxylic acids is 4. The van der Waals surface area contributed by atoms with Gasteiger partial charge in [-0.25, -0.2) is 4.98 Å². The fourth-order valence-electron chi connectivity index (χ4n) is 7.31. The molecule has 0 bridgehead atoms. The lowest BCUT2D eigenvalue weighted by molar-refractivity contribution is -0.136. The predicted octanol–water partition coefficient (Wildman–Crippen LogP) is 3.54. The van der Waals surface area contributed by atoms with E-state index in [1.54, 1.807) is 30.6 Å². The Hall–Kier alpha value is -4.97.